The largest absolute Gasteiger partial charge is 0.352 e. The van der Waals surface area contributed by atoms with Gasteiger partial charge in [0.05, 0.1) is 12.1 Å². The number of hydrogen-bond donors (Lipinski definition) is 1. The van der Waals surface area contributed by atoms with E-state index in [0.29, 0.717) is 38.5 Å². The quantitative estimate of drug-likeness (QED) is 0.613. The van der Waals surface area contributed by atoms with Crippen molar-refractivity contribution in [3.63, 3.8) is 0 Å². The van der Waals surface area contributed by atoms with Crippen molar-refractivity contribution >= 4 is 23.4 Å². The molecule has 39 heavy (non-hydrogen) atoms. The summed E-state index contributed by atoms with van der Waals surface area (Å²) >= 11 is 0. The van der Waals surface area contributed by atoms with Crippen LogP contribution in [0.2, 0.25) is 0 Å². The molecule has 7 aliphatic rings. The summed E-state index contributed by atoms with van der Waals surface area (Å²) in [5, 5.41) is 3.19. The first-order valence-corrected chi connectivity index (χ1v) is 15.6. The summed E-state index contributed by atoms with van der Waals surface area (Å²) in [4.78, 5) is 47.2. The second kappa shape index (κ2) is 9.81. The van der Waals surface area contributed by atoms with Crippen LogP contribution in [0.4, 0.5) is 5.69 Å². The van der Waals surface area contributed by atoms with Crippen LogP contribution in [0.25, 0.3) is 0 Å². The Labute approximate surface area is 232 Å². The van der Waals surface area contributed by atoms with Gasteiger partial charge in [-0.25, -0.2) is 0 Å². The predicted octanol–water partition coefficient (Wildman–Crippen LogP) is 4.32. The summed E-state index contributed by atoms with van der Waals surface area (Å²) < 4.78 is 0. The zero-order valence-corrected chi connectivity index (χ0v) is 23.3. The Morgan fingerprint density at radius 1 is 0.872 bits per heavy atom. The number of carbonyl (C=O) groups is 3. The fourth-order valence-electron chi connectivity index (χ4n) is 9.80. The van der Waals surface area contributed by atoms with Crippen molar-refractivity contribution in [3.05, 3.63) is 30.3 Å². The number of nitrogens with one attached hydrogen (secondary N) is 1. The second-order valence-electron chi connectivity index (χ2n) is 13.8. The van der Waals surface area contributed by atoms with E-state index in [-0.39, 0.29) is 29.8 Å². The van der Waals surface area contributed by atoms with Crippen molar-refractivity contribution in [3.8, 4) is 0 Å². The Bertz CT molecular complexity index is 1070. The zero-order chi connectivity index (χ0) is 26.6. The van der Waals surface area contributed by atoms with Gasteiger partial charge in [-0.2, -0.15) is 0 Å². The molecule has 2 saturated heterocycles. The molecule has 1 N–H and O–H groups in total. The van der Waals surface area contributed by atoms with Crippen LogP contribution in [0.5, 0.6) is 0 Å². The highest BCUT2D eigenvalue weighted by atomic mass is 16.2. The Morgan fingerprint density at radius 2 is 1.49 bits per heavy atom. The van der Waals surface area contributed by atoms with Gasteiger partial charge in [-0.15, -0.1) is 0 Å². The van der Waals surface area contributed by atoms with E-state index in [1.807, 2.05) is 18.2 Å². The van der Waals surface area contributed by atoms with Crippen LogP contribution in [0.3, 0.4) is 0 Å². The first-order valence-electron chi connectivity index (χ1n) is 15.6. The molecule has 5 aliphatic carbocycles. The molecule has 3 amide bonds. The number of amides is 3. The fourth-order valence-corrected chi connectivity index (χ4v) is 9.80. The maximum Gasteiger partial charge on any atom is 0.250 e. The average Bonchev–Trinajstić information content (AvgIpc) is 3.19. The number of carbonyl (C=O) groups excluding carboxylic acids is 3. The molecule has 7 heteroatoms. The number of rotatable bonds is 5. The van der Waals surface area contributed by atoms with Crippen LogP contribution in [-0.4, -0.2) is 65.4 Å². The lowest BCUT2D eigenvalue weighted by Crippen LogP contribution is -2.61. The van der Waals surface area contributed by atoms with Gasteiger partial charge >= 0.3 is 0 Å². The standard InChI is InChI=1S/C32H44N4O3/c37-28(33-26-7-3-1-4-8-26)21-35-22-36(27-9-5-2-6-10-27)32(30(35)39)11-13-34(14-12-32)29(38)31-18-23-15-24(19-31)17-25(16-23)20-31/h2,5-6,9-10,23-26H,1,3-4,7-8,11-22H2,(H,33,37). The summed E-state index contributed by atoms with van der Waals surface area (Å²) in [7, 11) is 0. The fraction of sp³-hybridized carbons (Fsp3) is 0.719. The maximum atomic E-state index is 14.1. The number of anilines is 1. The summed E-state index contributed by atoms with van der Waals surface area (Å²) in [6.07, 6.45) is 14.1. The molecule has 1 aromatic rings. The van der Waals surface area contributed by atoms with E-state index in [1.165, 1.54) is 25.7 Å². The van der Waals surface area contributed by atoms with Crippen LogP contribution in [0, 0.1) is 23.2 Å². The van der Waals surface area contributed by atoms with Crippen molar-refractivity contribution in [1.29, 1.82) is 0 Å². The molecule has 0 aromatic heterocycles. The molecule has 210 valence electrons. The van der Waals surface area contributed by atoms with Gasteiger partial charge < -0.3 is 20.0 Å². The number of likely N-dealkylation sites (tertiary alicyclic amines) is 1. The molecule has 0 radical (unpaired) electrons. The lowest BCUT2D eigenvalue weighted by Gasteiger charge is -2.57. The molecule has 5 saturated carbocycles. The third-order valence-corrected chi connectivity index (χ3v) is 11.3. The van der Waals surface area contributed by atoms with E-state index in [4.69, 9.17) is 0 Å². The minimum atomic E-state index is -0.690. The molecule has 4 bridgehead atoms. The van der Waals surface area contributed by atoms with Crippen LogP contribution < -0.4 is 10.2 Å². The molecule has 0 unspecified atom stereocenters. The Kier molecular flexibility index (Phi) is 6.39. The first kappa shape index (κ1) is 25.4. The third kappa shape index (κ3) is 4.44. The highest BCUT2D eigenvalue weighted by molar-refractivity contribution is 5.96. The summed E-state index contributed by atoms with van der Waals surface area (Å²) in [6.45, 7) is 1.77. The van der Waals surface area contributed by atoms with Crippen LogP contribution in [0.15, 0.2) is 30.3 Å². The van der Waals surface area contributed by atoms with Crippen molar-refractivity contribution < 1.29 is 14.4 Å². The van der Waals surface area contributed by atoms with E-state index in [0.717, 1.165) is 68.4 Å². The molecule has 7 fully saturated rings. The molecule has 1 spiro atoms. The SMILES string of the molecule is O=C(CN1CN(c2ccccc2)C2(CCN(C(=O)C34CC5CC(CC(C5)C3)C4)CC2)C1=O)NC1CCCCC1. The van der Waals surface area contributed by atoms with Crippen LogP contribution >= 0.6 is 0 Å². The normalized spacial score (nSPS) is 33.7. The monoisotopic (exact) mass is 532 g/mol. The van der Waals surface area contributed by atoms with Crippen molar-refractivity contribution in [1.82, 2.24) is 15.1 Å². The summed E-state index contributed by atoms with van der Waals surface area (Å²) in [6, 6.07) is 10.4. The average molecular weight is 533 g/mol. The smallest absolute Gasteiger partial charge is 0.250 e. The van der Waals surface area contributed by atoms with Crippen molar-refractivity contribution in [2.24, 2.45) is 23.2 Å². The molecular formula is C32H44N4O3. The molecule has 8 rings (SSSR count). The van der Waals surface area contributed by atoms with Gasteiger partial charge in [0.25, 0.3) is 5.91 Å². The van der Waals surface area contributed by atoms with Gasteiger partial charge in [-0.05, 0) is 94.1 Å². The number of para-hydroxylation sites is 1. The van der Waals surface area contributed by atoms with Gasteiger partial charge in [-0.1, -0.05) is 37.5 Å². The van der Waals surface area contributed by atoms with Crippen LogP contribution in [0.1, 0.15) is 83.5 Å². The summed E-state index contributed by atoms with van der Waals surface area (Å²) in [5.41, 5.74) is 0.188. The van der Waals surface area contributed by atoms with E-state index in [2.05, 4.69) is 27.2 Å². The van der Waals surface area contributed by atoms with E-state index < -0.39 is 5.54 Å². The van der Waals surface area contributed by atoms with E-state index >= 15 is 0 Å². The van der Waals surface area contributed by atoms with E-state index in [9.17, 15) is 14.4 Å². The van der Waals surface area contributed by atoms with Gasteiger partial charge in [-0.3, -0.25) is 14.4 Å². The lowest BCUT2D eigenvalue weighted by atomic mass is 9.49. The van der Waals surface area contributed by atoms with Crippen molar-refractivity contribution in [2.45, 2.75) is 95.1 Å². The Morgan fingerprint density at radius 3 is 2.10 bits per heavy atom. The molecule has 2 aliphatic heterocycles. The topological polar surface area (TPSA) is 73.0 Å². The Hall–Kier alpha value is -2.57. The molecular weight excluding hydrogens is 488 g/mol. The number of nitrogens with zero attached hydrogens (tertiary/aromatic N) is 3. The highest BCUT2D eigenvalue weighted by Gasteiger charge is 2.58. The van der Waals surface area contributed by atoms with Crippen molar-refractivity contribution in [2.75, 3.05) is 31.2 Å². The predicted molar refractivity (Wildman–Crippen MR) is 150 cm³/mol. The molecule has 0 atom stereocenters. The van der Waals surface area contributed by atoms with Gasteiger partial charge in [0.1, 0.15) is 12.1 Å². The van der Waals surface area contributed by atoms with Gasteiger partial charge in [0.15, 0.2) is 0 Å². The minimum absolute atomic E-state index is 0.0465. The first-order chi connectivity index (χ1) is 18.9. The number of piperidine rings is 1. The highest BCUT2D eigenvalue weighted by Crippen LogP contribution is 2.60. The molecule has 2 heterocycles. The van der Waals surface area contributed by atoms with E-state index in [1.54, 1.807) is 4.90 Å². The van der Waals surface area contributed by atoms with Gasteiger partial charge in [0.2, 0.25) is 11.8 Å². The van der Waals surface area contributed by atoms with Crippen LogP contribution in [-0.2, 0) is 14.4 Å². The summed E-state index contributed by atoms with van der Waals surface area (Å²) in [5.74, 6) is 2.61. The maximum absolute atomic E-state index is 14.1. The Balaban J connectivity index is 1.07. The second-order valence-corrected chi connectivity index (χ2v) is 13.8. The third-order valence-electron chi connectivity index (χ3n) is 11.3. The zero-order valence-electron chi connectivity index (χ0n) is 23.3. The lowest BCUT2D eigenvalue weighted by molar-refractivity contribution is -0.160. The molecule has 7 nitrogen and oxygen atoms in total. The van der Waals surface area contributed by atoms with Gasteiger partial charge in [0, 0.05) is 24.8 Å². The molecule has 1 aromatic carbocycles. The minimum Gasteiger partial charge on any atom is -0.352 e. The number of benzene rings is 1. The number of hydrogen-bond acceptors (Lipinski definition) is 4.